The van der Waals surface area contributed by atoms with Gasteiger partial charge in [0.2, 0.25) is 0 Å². The maximum Gasteiger partial charge on any atom is 0.171 e. The molecule has 0 aliphatic carbocycles. The largest absolute Gasteiger partial charge is 0.371 e. The van der Waals surface area contributed by atoms with E-state index in [0.29, 0.717) is 18.6 Å². The summed E-state index contributed by atoms with van der Waals surface area (Å²) in [6, 6.07) is 15.8. The molecule has 5 rings (SSSR count). The first-order valence-electron chi connectivity index (χ1n) is 11.0. The van der Waals surface area contributed by atoms with Gasteiger partial charge in [0.15, 0.2) is 5.79 Å². The Hall–Kier alpha value is -0.330. The minimum atomic E-state index is -0.289. The number of hydrogen-bond donors (Lipinski definition) is 0. The Morgan fingerprint density at radius 3 is 1.52 bits per heavy atom. The average Bonchev–Trinajstić information content (AvgIpc) is 3.31. The molecule has 5 nitrogen and oxygen atoms in total. The van der Waals surface area contributed by atoms with Crippen molar-refractivity contribution in [2.24, 2.45) is 0 Å². The third kappa shape index (κ3) is 8.10. The molecule has 0 bridgehead atoms. The molecular weight excluding hydrogens is 689 g/mol. The Morgan fingerprint density at radius 1 is 0.697 bits per heavy atom. The number of halogens is 4. The van der Waals surface area contributed by atoms with E-state index in [1.807, 2.05) is 36.4 Å². The van der Waals surface area contributed by atoms with Crippen LogP contribution in [0, 0.1) is 0 Å². The molecule has 3 heterocycles. The summed E-state index contributed by atoms with van der Waals surface area (Å²) in [5, 5.41) is 1.53. The summed E-state index contributed by atoms with van der Waals surface area (Å²) in [5.74, 6) is 0.0818. The van der Waals surface area contributed by atoms with Crippen molar-refractivity contribution >= 4 is 77.6 Å². The van der Waals surface area contributed by atoms with Crippen LogP contribution in [0.25, 0.3) is 0 Å². The third-order valence-electron chi connectivity index (χ3n) is 6.04. The molecule has 3 fully saturated rings. The van der Waals surface area contributed by atoms with Gasteiger partial charge >= 0.3 is 0 Å². The van der Waals surface area contributed by atoms with Crippen LogP contribution in [-0.2, 0) is 14.3 Å². The van der Waals surface area contributed by atoms with Gasteiger partial charge in [0.25, 0.3) is 0 Å². The maximum absolute atomic E-state index is 11.0. The number of carbonyl (C=O) groups is 1. The van der Waals surface area contributed by atoms with Crippen LogP contribution in [0.15, 0.2) is 48.5 Å². The summed E-state index contributed by atoms with van der Waals surface area (Å²) in [6.07, 6.45) is 3.22. The monoisotopic (exact) mass is 716 g/mol. The second-order valence-corrected chi connectivity index (χ2v) is 8.95. The number of ketones is 1. The maximum atomic E-state index is 11.0. The second-order valence-electron chi connectivity index (χ2n) is 8.07. The molecule has 3 saturated heterocycles. The molecule has 0 radical (unpaired) electrons. The zero-order valence-electron chi connectivity index (χ0n) is 18.3. The predicted molar refractivity (Wildman–Crippen MR) is 153 cm³/mol. The molecule has 2 aromatic carbocycles. The summed E-state index contributed by atoms with van der Waals surface area (Å²) in [7, 11) is 0. The number of nitrogens with zero attached hydrogens (tertiary/aromatic N) is 2. The third-order valence-corrected chi connectivity index (χ3v) is 6.55. The first-order chi connectivity index (χ1) is 16.0. The van der Waals surface area contributed by atoms with E-state index >= 15 is 0 Å². The molecule has 180 valence electrons. The molecule has 1 spiro atoms. The van der Waals surface area contributed by atoms with E-state index < -0.39 is 0 Å². The number of benzene rings is 2. The number of piperidine rings is 2. The highest BCUT2D eigenvalue weighted by atomic mass is 128. The molecule has 2 aromatic rings. The molecule has 0 N–H and O–H groups in total. The lowest BCUT2D eigenvalue weighted by Gasteiger charge is -2.38. The van der Waals surface area contributed by atoms with Crippen molar-refractivity contribution < 1.29 is 14.3 Å². The summed E-state index contributed by atoms with van der Waals surface area (Å²) < 4.78 is 11.4. The van der Waals surface area contributed by atoms with Gasteiger partial charge in [-0.05, 0) is 48.5 Å². The zero-order chi connectivity index (χ0) is 23.7. The normalized spacial score (nSPS) is 19.5. The lowest BCUT2D eigenvalue weighted by molar-refractivity contribution is -0.169. The van der Waals surface area contributed by atoms with Crippen LogP contribution in [0.5, 0.6) is 0 Å². The van der Waals surface area contributed by atoms with Crippen molar-refractivity contribution in [2.45, 2.75) is 31.5 Å². The van der Waals surface area contributed by atoms with Crippen molar-refractivity contribution in [3.8, 4) is 0 Å². The second kappa shape index (κ2) is 13.7. The van der Waals surface area contributed by atoms with Gasteiger partial charge in [-0.25, -0.2) is 0 Å². The fourth-order valence-electron chi connectivity index (χ4n) is 4.21. The zero-order valence-corrected chi connectivity index (χ0v) is 24.1. The van der Waals surface area contributed by atoms with Crippen molar-refractivity contribution in [1.82, 2.24) is 0 Å². The number of hydrogen-bond acceptors (Lipinski definition) is 5. The topological polar surface area (TPSA) is 42.0 Å². The summed E-state index contributed by atoms with van der Waals surface area (Å²) in [6.45, 7) is 5.09. The summed E-state index contributed by atoms with van der Waals surface area (Å²) in [5.41, 5.74) is 2.38. The molecule has 0 aromatic heterocycles. The number of carbonyl (C=O) groups excluding carboxylic acids is 1. The standard InChI is InChI=1S/C13H16ClNO2.C11H12ClNO.I2/c14-11-1-3-12(4-2-11)15-7-5-13(6-8-15)16-9-10-17-13;12-9-1-3-10(4-2-9)13-7-5-11(14)6-8-13;1-2/h1-4H,5-10H2;1-4H,5-8H2;. The van der Waals surface area contributed by atoms with Crippen molar-refractivity contribution in [1.29, 1.82) is 0 Å². The van der Waals surface area contributed by atoms with Crippen LogP contribution in [0.3, 0.4) is 0 Å². The van der Waals surface area contributed by atoms with E-state index in [2.05, 4.69) is 59.2 Å². The van der Waals surface area contributed by atoms with E-state index in [4.69, 9.17) is 32.7 Å². The lowest BCUT2D eigenvalue weighted by Crippen LogP contribution is -2.45. The average molecular weight is 717 g/mol. The summed E-state index contributed by atoms with van der Waals surface area (Å²) >= 11 is 15.9. The first-order valence-corrected chi connectivity index (χ1v) is 18.0. The van der Waals surface area contributed by atoms with Gasteiger partial charge in [-0.2, -0.15) is 0 Å². The minimum Gasteiger partial charge on any atom is -0.371 e. The molecule has 9 heteroatoms. The van der Waals surface area contributed by atoms with Crippen LogP contribution in [0.1, 0.15) is 25.7 Å². The molecule has 3 aliphatic heterocycles. The van der Waals surface area contributed by atoms with Gasteiger partial charge in [-0.15, -0.1) is 0 Å². The van der Waals surface area contributed by atoms with Gasteiger partial charge in [0.05, 0.1) is 13.2 Å². The summed E-state index contributed by atoms with van der Waals surface area (Å²) in [4.78, 5) is 15.6. The van der Waals surface area contributed by atoms with E-state index in [0.717, 1.165) is 68.0 Å². The minimum absolute atomic E-state index is 0.289. The SMILES string of the molecule is Clc1ccc(N2CCC3(CC2)OCCO3)cc1.II.O=C1CCN(c2ccc(Cl)cc2)CC1. The number of rotatable bonds is 2. The highest BCUT2D eigenvalue weighted by Gasteiger charge is 2.39. The molecule has 33 heavy (non-hydrogen) atoms. The van der Waals surface area contributed by atoms with Crippen LogP contribution in [0.2, 0.25) is 10.0 Å². The highest BCUT2D eigenvalue weighted by molar-refractivity contribution is 15.0. The Kier molecular flexibility index (Phi) is 11.3. The van der Waals surface area contributed by atoms with E-state index in [1.54, 1.807) is 0 Å². The van der Waals surface area contributed by atoms with Gasteiger partial charge in [-0.3, -0.25) is 4.79 Å². The fourth-order valence-corrected chi connectivity index (χ4v) is 4.46. The van der Waals surface area contributed by atoms with Crippen LogP contribution in [-0.4, -0.2) is 51.0 Å². The van der Waals surface area contributed by atoms with Crippen molar-refractivity contribution in [2.75, 3.05) is 49.2 Å². The number of anilines is 2. The molecule has 0 unspecified atom stereocenters. The van der Waals surface area contributed by atoms with Crippen LogP contribution >= 0.6 is 60.4 Å². The van der Waals surface area contributed by atoms with E-state index in [1.165, 1.54) is 5.69 Å². The predicted octanol–water partition coefficient (Wildman–Crippen LogP) is 6.96. The molecular formula is C24H28Cl2I2N2O3. The fraction of sp³-hybridized carbons (Fsp3) is 0.458. The van der Waals surface area contributed by atoms with Gasteiger partial charge in [-0.1, -0.05) is 23.2 Å². The Balaban J connectivity index is 0.000000176. The Labute approximate surface area is 229 Å². The Morgan fingerprint density at radius 2 is 1.09 bits per heavy atom. The van der Waals surface area contributed by atoms with Crippen LogP contribution < -0.4 is 9.80 Å². The van der Waals surface area contributed by atoms with Gasteiger partial charge in [0.1, 0.15) is 5.78 Å². The molecule has 0 saturated carbocycles. The van der Waals surface area contributed by atoms with Crippen molar-refractivity contribution in [3.63, 3.8) is 0 Å². The first kappa shape index (κ1) is 27.3. The van der Waals surface area contributed by atoms with E-state index in [9.17, 15) is 4.79 Å². The molecule has 0 atom stereocenters. The number of ether oxygens (including phenoxy) is 2. The van der Waals surface area contributed by atoms with E-state index in [-0.39, 0.29) is 5.79 Å². The lowest BCUT2D eigenvalue weighted by atomic mass is 10.0. The van der Waals surface area contributed by atoms with Gasteiger partial charge in [0, 0.05) is 111 Å². The number of Topliss-reactive ketones (excluding diaryl/α,β-unsaturated/α-hetero) is 1. The smallest absolute Gasteiger partial charge is 0.171 e. The quantitative estimate of drug-likeness (QED) is 0.315. The molecule has 3 aliphatic rings. The molecule has 0 amide bonds. The van der Waals surface area contributed by atoms with Gasteiger partial charge < -0.3 is 19.3 Å². The van der Waals surface area contributed by atoms with Crippen LogP contribution in [0.4, 0.5) is 11.4 Å². The Bertz CT molecular complexity index is 858. The van der Waals surface area contributed by atoms with Crippen molar-refractivity contribution in [3.05, 3.63) is 58.6 Å². The highest BCUT2D eigenvalue weighted by Crippen LogP contribution is 2.33.